The van der Waals surface area contributed by atoms with Gasteiger partial charge in [0.05, 0.1) is 5.69 Å². The Labute approximate surface area is 103 Å². The van der Waals surface area contributed by atoms with Crippen LogP contribution in [0.25, 0.3) is 0 Å². The molecule has 0 aromatic carbocycles. The molecule has 1 aliphatic rings. The first-order valence-corrected chi connectivity index (χ1v) is 6.44. The molecule has 2 heterocycles. The number of nitrogens with zero attached hydrogens (tertiary/aromatic N) is 2. The van der Waals surface area contributed by atoms with Crippen molar-refractivity contribution in [1.82, 2.24) is 9.88 Å². The smallest absolute Gasteiger partial charge is 0.138 e. The fourth-order valence-corrected chi connectivity index (χ4v) is 2.42. The van der Waals surface area contributed by atoms with Gasteiger partial charge in [0.1, 0.15) is 5.75 Å². The van der Waals surface area contributed by atoms with Crippen molar-refractivity contribution >= 4 is 0 Å². The zero-order chi connectivity index (χ0) is 12.4. The number of aromatic nitrogens is 1. The van der Waals surface area contributed by atoms with E-state index in [1.54, 1.807) is 6.07 Å². The fraction of sp³-hybridized carbons (Fsp3) is 0.643. The van der Waals surface area contributed by atoms with Gasteiger partial charge >= 0.3 is 0 Å². The average molecular weight is 234 g/mol. The molecular weight excluding hydrogens is 212 g/mol. The molecule has 1 aromatic rings. The van der Waals surface area contributed by atoms with E-state index in [-0.39, 0.29) is 0 Å². The summed E-state index contributed by atoms with van der Waals surface area (Å²) in [5.74, 6) is 1.86. The number of hydrogen-bond donors (Lipinski definition) is 1. The summed E-state index contributed by atoms with van der Waals surface area (Å²) in [6.45, 7) is 9.58. The van der Waals surface area contributed by atoms with Gasteiger partial charge in [-0.25, -0.2) is 0 Å². The second-order valence-corrected chi connectivity index (χ2v) is 5.40. The molecule has 0 bridgehead atoms. The van der Waals surface area contributed by atoms with Crippen LogP contribution in [-0.2, 0) is 6.54 Å². The summed E-state index contributed by atoms with van der Waals surface area (Å²) in [4.78, 5) is 6.81. The highest BCUT2D eigenvalue weighted by atomic mass is 16.3. The first-order valence-electron chi connectivity index (χ1n) is 6.44. The number of aryl methyl sites for hydroxylation is 1. The van der Waals surface area contributed by atoms with Crippen LogP contribution in [0.2, 0.25) is 0 Å². The zero-order valence-corrected chi connectivity index (χ0v) is 11.0. The number of rotatable bonds is 2. The molecule has 1 aromatic heterocycles. The molecule has 0 radical (unpaired) electrons. The van der Waals surface area contributed by atoms with Crippen LogP contribution in [0, 0.1) is 18.8 Å². The number of aromatic hydroxyl groups is 1. The minimum atomic E-state index is 0.321. The van der Waals surface area contributed by atoms with E-state index in [2.05, 4.69) is 23.7 Å². The molecule has 17 heavy (non-hydrogen) atoms. The zero-order valence-electron chi connectivity index (χ0n) is 11.0. The highest BCUT2D eigenvalue weighted by Crippen LogP contribution is 2.25. The van der Waals surface area contributed by atoms with E-state index in [9.17, 15) is 5.11 Å². The van der Waals surface area contributed by atoms with Crippen LogP contribution in [0.3, 0.4) is 0 Å². The molecule has 0 aliphatic carbocycles. The predicted molar refractivity (Wildman–Crippen MR) is 68.9 cm³/mol. The summed E-state index contributed by atoms with van der Waals surface area (Å²) >= 11 is 0. The molecule has 0 saturated carbocycles. The van der Waals surface area contributed by atoms with Crippen LogP contribution in [0.15, 0.2) is 12.1 Å². The molecule has 1 N–H and O–H groups in total. The van der Waals surface area contributed by atoms with Crippen molar-refractivity contribution in [3.05, 3.63) is 23.5 Å². The summed E-state index contributed by atoms with van der Waals surface area (Å²) in [7, 11) is 0. The normalized spacial score (nSPS) is 26.1. The largest absolute Gasteiger partial charge is 0.506 e. The molecule has 1 fully saturated rings. The third-order valence-electron chi connectivity index (χ3n) is 3.88. The standard InChI is InChI=1S/C14H22N2O/c1-10-6-7-16(8-11(10)2)9-13-14(17)5-4-12(3)15-13/h4-5,10-11,17H,6-9H2,1-3H3. The van der Waals surface area contributed by atoms with E-state index in [0.29, 0.717) is 5.75 Å². The number of hydrogen-bond acceptors (Lipinski definition) is 3. The number of piperidine rings is 1. The first-order chi connectivity index (χ1) is 8.06. The maximum absolute atomic E-state index is 9.79. The fourth-order valence-electron chi connectivity index (χ4n) is 2.42. The van der Waals surface area contributed by atoms with Gasteiger partial charge in [-0.15, -0.1) is 0 Å². The van der Waals surface area contributed by atoms with E-state index in [0.717, 1.165) is 42.9 Å². The molecule has 3 nitrogen and oxygen atoms in total. The second kappa shape index (κ2) is 5.05. The van der Waals surface area contributed by atoms with Crippen molar-refractivity contribution < 1.29 is 5.11 Å². The van der Waals surface area contributed by atoms with E-state index in [1.807, 2.05) is 13.0 Å². The quantitative estimate of drug-likeness (QED) is 0.854. The SMILES string of the molecule is Cc1ccc(O)c(CN2CCC(C)C(C)C2)n1. The number of likely N-dealkylation sites (tertiary alicyclic amines) is 1. The second-order valence-electron chi connectivity index (χ2n) is 5.40. The Morgan fingerprint density at radius 2 is 2.12 bits per heavy atom. The van der Waals surface area contributed by atoms with Crippen LogP contribution >= 0.6 is 0 Å². The van der Waals surface area contributed by atoms with Crippen molar-refractivity contribution in [2.24, 2.45) is 11.8 Å². The Morgan fingerprint density at radius 3 is 2.82 bits per heavy atom. The maximum atomic E-state index is 9.79. The summed E-state index contributed by atoms with van der Waals surface area (Å²) < 4.78 is 0. The first kappa shape index (κ1) is 12.4. The minimum absolute atomic E-state index is 0.321. The highest BCUT2D eigenvalue weighted by Gasteiger charge is 2.23. The molecule has 1 aliphatic heterocycles. The molecule has 2 unspecified atom stereocenters. The van der Waals surface area contributed by atoms with Gasteiger partial charge in [0.2, 0.25) is 0 Å². The highest BCUT2D eigenvalue weighted by molar-refractivity contribution is 5.27. The van der Waals surface area contributed by atoms with Crippen LogP contribution in [0.4, 0.5) is 0 Å². The molecule has 3 heteroatoms. The average Bonchev–Trinajstić information content (AvgIpc) is 2.29. The molecular formula is C14H22N2O. The molecule has 2 rings (SSSR count). The van der Waals surface area contributed by atoms with Crippen molar-refractivity contribution in [3.8, 4) is 5.75 Å². The van der Waals surface area contributed by atoms with Crippen molar-refractivity contribution in [1.29, 1.82) is 0 Å². The van der Waals surface area contributed by atoms with Crippen molar-refractivity contribution in [3.63, 3.8) is 0 Å². The van der Waals surface area contributed by atoms with E-state index in [4.69, 9.17) is 0 Å². The van der Waals surface area contributed by atoms with Crippen molar-refractivity contribution in [2.45, 2.75) is 33.7 Å². The van der Waals surface area contributed by atoms with E-state index < -0.39 is 0 Å². The van der Waals surface area contributed by atoms with Crippen LogP contribution in [-0.4, -0.2) is 28.1 Å². The Bertz CT molecular complexity index is 392. The summed E-state index contributed by atoms with van der Waals surface area (Å²) in [6.07, 6.45) is 1.24. The minimum Gasteiger partial charge on any atom is -0.506 e. The lowest BCUT2D eigenvalue weighted by Crippen LogP contribution is -2.38. The third-order valence-corrected chi connectivity index (χ3v) is 3.88. The van der Waals surface area contributed by atoms with Gasteiger partial charge in [0.15, 0.2) is 0 Å². The number of pyridine rings is 1. The van der Waals surface area contributed by atoms with Crippen molar-refractivity contribution in [2.75, 3.05) is 13.1 Å². The van der Waals surface area contributed by atoms with Gasteiger partial charge in [0, 0.05) is 18.8 Å². The van der Waals surface area contributed by atoms with Gasteiger partial charge in [0.25, 0.3) is 0 Å². The summed E-state index contributed by atoms with van der Waals surface area (Å²) in [6, 6.07) is 3.59. The molecule has 0 amide bonds. The van der Waals surface area contributed by atoms with Crippen LogP contribution in [0.5, 0.6) is 5.75 Å². The van der Waals surface area contributed by atoms with Gasteiger partial charge < -0.3 is 5.11 Å². The van der Waals surface area contributed by atoms with Gasteiger partial charge in [-0.1, -0.05) is 13.8 Å². The summed E-state index contributed by atoms with van der Waals surface area (Å²) in [5.41, 5.74) is 1.78. The molecule has 2 atom stereocenters. The van der Waals surface area contributed by atoms with Crippen LogP contribution < -0.4 is 0 Å². The van der Waals surface area contributed by atoms with Gasteiger partial charge in [-0.2, -0.15) is 0 Å². The third kappa shape index (κ3) is 2.97. The Hall–Kier alpha value is -1.09. The Kier molecular flexibility index (Phi) is 3.67. The Morgan fingerprint density at radius 1 is 1.35 bits per heavy atom. The topological polar surface area (TPSA) is 36.4 Å². The van der Waals surface area contributed by atoms with Crippen LogP contribution in [0.1, 0.15) is 31.7 Å². The van der Waals surface area contributed by atoms with E-state index in [1.165, 1.54) is 6.42 Å². The lowest BCUT2D eigenvalue weighted by molar-refractivity contribution is 0.130. The maximum Gasteiger partial charge on any atom is 0.138 e. The lowest BCUT2D eigenvalue weighted by atomic mass is 9.88. The molecule has 0 spiro atoms. The lowest BCUT2D eigenvalue weighted by Gasteiger charge is -2.35. The van der Waals surface area contributed by atoms with E-state index >= 15 is 0 Å². The summed E-state index contributed by atoms with van der Waals surface area (Å²) in [5, 5.41) is 9.79. The molecule has 1 saturated heterocycles. The predicted octanol–water partition coefficient (Wildman–Crippen LogP) is 2.57. The van der Waals surface area contributed by atoms with Gasteiger partial charge in [-0.05, 0) is 43.9 Å². The Balaban J connectivity index is 2.03. The molecule has 94 valence electrons. The van der Waals surface area contributed by atoms with Gasteiger partial charge in [-0.3, -0.25) is 9.88 Å². The monoisotopic (exact) mass is 234 g/mol.